The number of hydrogen-bond acceptors (Lipinski definition) is 2. The van der Waals surface area contributed by atoms with E-state index in [0.29, 0.717) is 18.4 Å². The monoisotopic (exact) mass is 339 g/mol. The average Bonchev–Trinajstić information content (AvgIpc) is 2.48. The summed E-state index contributed by atoms with van der Waals surface area (Å²) in [6, 6.07) is 5.66. The lowest BCUT2D eigenvalue weighted by atomic mass is 9.79. The molecule has 1 aromatic rings. The molecule has 4 heteroatoms. The van der Waals surface area contributed by atoms with Crippen LogP contribution in [0.3, 0.4) is 0 Å². The fourth-order valence-electron chi connectivity index (χ4n) is 2.97. The zero-order valence-electron chi connectivity index (χ0n) is 11.9. The van der Waals surface area contributed by atoms with Crippen LogP contribution in [-0.2, 0) is 0 Å². The molecule has 110 valence electrons. The van der Waals surface area contributed by atoms with Crippen molar-refractivity contribution in [3.63, 3.8) is 0 Å². The SMILES string of the molecule is Cc1c(Br)cccc1C(=O)NCC1CCCCC1CO. The summed E-state index contributed by atoms with van der Waals surface area (Å²) in [4.78, 5) is 12.3. The summed E-state index contributed by atoms with van der Waals surface area (Å²) >= 11 is 3.45. The average molecular weight is 340 g/mol. The Morgan fingerprint density at radius 3 is 2.75 bits per heavy atom. The molecule has 2 atom stereocenters. The molecule has 0 saturated heterocycles. The summed E-state index contributed by atoms with van der Waals surface area (Å²) < 4.78 is 0.955. The second kappa shape index (κ2) is 7.23. The normalized spacial score (nSPS) is 22.6. The maximum Gasteiger partial charge on any atom is 0.251 e. The third kappa shape index (κ3) is 3.61. The number of rotatable bonds is 4. The van der Waals surface area contributed by atoms with Crippen molar-refractivity contribution in [3.05, 3.63) is 33.8 Å². The van der Waals surface area contributed by atoms with Crippen LogP contribution in [0.25, 0.3) is 0 Å². The van der Waals surface area contributed by atoms with Gasteiger partial charge in [0, 0.05) is 23.2 Å². The fourth-order valence-corrected chi connectivity index (χ4v) is 3.33. The van der Waals surface area contributed by atoms with E-state index in [4.69, 9.17) is 0 Å². The number of aliphatic hydroxyl groups excluding tert-OH is 1. The van der Waals surface area contributed by atoms with E-state index in [1.165, 1.54) is 12.8 Å². The van der Waals surface area contributed by atoms with Crippen LogP contribution < -0.4 is 5.32 Å². The Balaban J connectivity index is 1.96. The molecule has 0 aliphatic heterocycles. The van der Waals surface area contributed by atoms with Crippen LogP contribution >= 0.6 is 15.9 Å². The van der Waals surface area contributed by atoms with Crippen molar-refractivity contribution in [2.45, 2.75) is 32.6 Å². The van der Waals surface area contributed by atoms with Gasteiger partial charge in [0.05, 0.1) is 0 Å². The first-order valence-electron chi connectivity index (χ1n) is 7.27. The maximum atomic E-state index is 12.3. The minimum absolute atomic E-state index is 0.0222. The Bertz CT molecular complexity index is 476. The van der Waals surface area contributed by atoms with Crippen molar-refractivity contribution >= 4 is 21.8 Å². The molecular formula is C16H22BrNO2. The standard InChI is InChI=1S/C16H22BrNO2/c1-11-14(7-4-8-15(11)17)16(20)18-9-12-5-2-3-6-13(12)10-19/h4,7-8,12-13,19H,2-3,5-6,9-10H2,1H3,(H,18,20). The highest BCUT2D eigenvalue weighted by atomic mass is 79.9. The highest BCUT2D eigenvalue weighted by molar-refractivity contribution is 9.10. The molecule has 1 saturated carbocycles. The first-order chi connectivity index (χ1) is 9.63. The lowest BCUT2D eigenvalue weighted by Gasteiger charge is -2.30. The van der Waals surface area contributed by atoms with Gasteiger partial charge in [-0.25, -0.2) is 0 Å². The number of hydrogen-bond donors (Lipinski definition) is 2. The lowest BCUT2D eigenvalue weighted by Crippen LogP contribution is -2.35. The Morgan fingerprint density at radius 1 is 1.35 bits per heavy atom. The van der Waals surface area contributed by atoms with E-state index >= 15 is 0 Å². The highest BCUT2D eigenvalue weighted by Gasteiger charge is 2.25. The molecule has 1 fully saturated rings. The van der Waals surface area contributed by atoms with E-state index in [-0.39, 0.29) is 12.5 Å². The van der Waals surface area contributed by atoms with Gasteiger partial charge in [0.2, 0.25) is 0 Å². The van der Waals surface area contributed by atoms with Gasteiger partial charge in [0.25, 0.3) is 5.91 Å². The zero-order valence-corrected chi connectivity index (χ0v) is 13.4. The van der Waals surface area contributed by atoms with Crippen LogP contribution in [0.4, 0.5) is 0 Å². The third-order valence-corrected chi connectivity index (χ3v) is 5.20. The fraction of sp³-hybridized carbons (Fsp3) is 0.562. The number of nitrogens with one attached hydrogen (secondary N) is 1. The van der Waals surface area contributed by atoms with Gasteiger partial charge in [-0.15, -0.1) is 0 Å². The van der Waals surface area contributed by atoms with Crippen LogP contribution in [-0.4, -0.2) is 24.2 Å². The molecule has 0 spiro atoms. The molecule has 1 aliphatic carbocycles. The van der Waals surface area contributed by atoms with Crippen LogP contribution in [0.15, 0.2) is 22.7 Å². The summed E-state index contributed by atoms with van der Waals surface area (Å²) in [6.45, 7) is 2.84. The van der Waals surface area contributed by atoms with Gasteiger partial charge in [-0.05, 0) is 49.3 Å². The number of amides is 1. The Morgan fingerprint density at radius 2 is 2.05 bits per heavy atom. The number of halogens is 1. The van der Waals surface area contributed by atoms with Crippen LogP contribution in [0.1, 0.15) is 41.6 Å². The molecule has 0 bridgehead atoms. The van der Waals surface area contributed by atoms with Gasteiger partial charge in [-0.1, -0.05) is 34.8 Å². The number of aliphatic hydroxyl groups is 1. The Labute approximate surface area is 128 Å². The maximum absolute atomic E-state index is 12.3. The number of carbonyl (C=O) groups excluding carboxylic acids is 1. The Hall–Kier alpha value is -0.870. The first kappa shape index (κ1) is 15.5. The van der Waals surface area contributed by atoms with Gasteiger partial charge in [-0.3, -0.25) is 4.79 Å². The number of benzene rings is 1. The van der Waals surface area contributed by atoms with Crippen LogP contribution in [0, 0.1) is 18.8 Å². The third-order valence-electron chi connectivity index (χ3n) is 4.34. The molecule has 20 heavy (non-hydrogen) atoms. The summed E-state index contributed by atoms with van der Waals surface area (Å²) in [6.07, 6.45) is 4.57. The molecule has 0 aromatic heterocycles. The van der Waals surface area contributed by atoms with E-state index in [9.17, 15) is 9.90 Å². The summed E-state index contributed by atoms with van der Waals surface area (Å²) in [5.41, 5.74) is 1.68. The predicted octanol–water partition coefficient (Wildman–Crippen LogP) is 3.29. The van der Waals surface area contributed by atoms with E-state index in [1.54, 1.807) is 0 Å². The first-order valence-corrected chi connectivity index (χ1v) is 8.07. The quantitative estimate of drug-likeness (QED) is 0.884. The molecule has 1 aliphatic rings. The molecule has 3 nitrogen and oxygen atoms in total. The highest BCUT2D eigenvalue weighted by Crippen LogP contribution is 2.29. The van der Waals surface area contributed by atoms with E-state index < -0.39 is 0 Å². The van der Waals surface area contributed by atoms with Crippen molar-refractivity contribution in [1.29, 1.82) is 0 Å². The largest absolute Gasteiger partial charge is 0.396 e. The number of carbonyl (C=O) groups is 1. The molecule has 1 aromatic carbocycles. The molecular weight excluding hydrogens is 318 g/mol. The minimum atomic E-state index is -0.0222. The molecule has 0 radical (unpaired) electrons. The van der Waals surface area contributed by atoms with Crippen molar-refractivity contribution in [1.82, 2.24) is 5.32 Å². The van der Waals surface area contributed by atoms with Crippen LogP contribution in [0.2, 0.25) is 0 Å². The molecule has 2 N–H and O–H groups in total. The summed E-state index contributed by atoms with van der Waals surface area (Å²) in [7, 11) is 0. The summed E-state index contributed by atoms with van der Waals surface area (Å²) in [5, 5.41) is 12.4. The van der Waals surface area contributed by atoms with E-state index in [1.807, 2.05) is 25.1 Å². The van der Waals surface area contributed by atoms with Gasteiger partial charge in [-0.2, -0.15) is 0 Å². The topological polar surface area (TPSA) is 49.3 Å². The molecule has 0 heterocycles. The van der Waals surface area contributed by atoms with E-state index in [0.717, 1.165) is 28.4 Å². The molecule has 2 rings (SSSR count). The van der Waals surface area contributed by atoms with Crippen molar-refractivity contribution in [2.75, 3.05) is 13.2 Å². The Kier molecular flexibility index (Phi) is 5.61. The second-order valence-corrected chi connectivity index (χ2v) is 6.46. The van der Waals surface area contributed by atoms with Gasteiger partial charge in [0.15, 0.2) is 0 Å². The smallest absolute Gasteiger partial charge is 0.251 e. The van der Waals surface area contributed by atoms with E-state index in [2.05, 4.69) is 21.2 Å². The van der Waals surface area contributed by atoms with Gasteiger partial charge >= 0.3 is 0 Å². The predicted molar refractivity (Wildman–Crippen MR) is 83.7 cm³/mol. The molecule has 2 unspecified atom stereocenters. The second-order valence-electron chi connectivity index (χ2n) is 5.61. The van der Waals surface area contributed by atoms with Crippen LogP contribution in [0.5, 0.6) is 0 Å². The van der Waals surface area contributed by atoms with Gasteiger partial charge < -0.3 is 10.4 Å². The zero-order chi connectivity index (χ0) is 14.5. The lowest BCUT2D eigenvalue weighted by molar-refractivity contribution is 0.0908. The molecule has 1 amide bonds. The van der Waals surface area contributed by atoms with Crippen molar-refractivity contribution in [3.8, 4) is 0 Å². The van der Waals surface area contributed by atoms with Crippen molar-refractivity contribution in [2.24, 2.45) is 11.8 Å². The van der Waals surface area contributed by atoms with Crippen molar-refractivity contribution < 1.29 is 9.90 Å². The van der Waals surface area contributed by atoms with Gasteiger partial charge in [0.1, 0.15) is 0 Å². The minimum Gasteiger partial charge on any atom is -0.396 e. The summed E-state index contributed by atoms with van der Waals surface area (Å²) in [5.74, 6) is 0.726.